The maximum Gasteiger partial charge on any atom is 0.275 e. The number of hydrogen-bond acceptors (Lipinski definition) is 3. The van der Waals surface area contributed by atoms with Crippen molar-refractivity contribution in [1.29, 1.82) is 0 Å². The van der Waals surface area contributed by atoms with Crippen LogP contribution in [0, 0.1) is 12.7 Å². The first-order chi connectivity index (χ1) is 10.5. The van der Waals surface area contributed by atoms with Crippen LogP contribution < -0.4 is 5.32 Å². The predicted molar refractivity (Wildman–Crippen MR) is 85.6 cm³/mol. The van der Waals surface area contributed by atoms with Gasteiger partial charge in [-0.3, -0.25) is 4.79 Å². The molecule has 3 aromatic rings. The summed E-state index contributed by atoms with van der Waals surface area (Å²) >= 11 is 1.42. The summed E-state index contributed by atoms with van der Waals surface area (Å²) in [5.41, 5.74) is 2.99. The van der Waals surface area contributed by atoms with Gasteiger partial charge in [-0.05, 0) is 43.3 Å². The van der Waals surface area contributed by atoms with Crippen molar-refractivity contribution in [2.45, 2.75) is 6.92 Å². The van der Waals surface area contributed by atoms with Crippen molar-refractivity contribution in [3.8, 4) is 10.7 Å². The molecule has 1 amide bonds. The molecule has 0 bridgehead atoms. The second-order valence-corrected chi connectivity index (χ2v) is 5.78. The quantitative estimate of drug-likeness (QED) is 0.798. The zero-order valence-electron chi connectivity index (χ0n) is 12.1. The number of benzene rings is 1. The largest absolute Gasteiger partial charge is 0.346 e. The van der Waals surface area contributed by atoms with E-state index in [0.29, 0.717) is 11.4 Å². The van der Waals surface area contributed by atoms with Gasteiger partial charge >= 0.3 is 0 Å². The van der Waals surface area contributed by atoms with Crippen LogP contribution in [0.3, 0.4) is 0 Å². The molecular formula is C16H14FN3OS. The minimum absolute atomic E-state index is 0.306. The summed E-state index contributed by atoms with van der Waals surface area (Å²) in [4.78, 5) is 16.5. The minimum Gasteiger partial charge on any atom is -0.346 e. The molecule has 1 aromatic carbocycles. The van der Waals surface area contributed by atoms with Crippen molar-refractivity contribution >= 4 is 22.9 Å². The van der Waals surface area contributed by atoms with Gasteiger partial charge in [0.05, 0.1) is 5.69 Å². The predicted octanol–water partition coefficient (Wildman–Crippen LogP) is 3.85. The van der Waals surface area contributed by atoms with E-state index in [4.69, 9.17) is 0 Å². The first-order valence-electron chi connectivity index (χ1n) is 6.70. The van der Waals surface area contributed by atoms with Crippen molar-refractivity contribution in [3.63, 3.8) is 0 Å². The van der Waals surface area contributed by atoms with Crippen LogP contribution in [-0.2, 0) is 7.05 Å². The Morgan fingerprint density at radius 2 is 1.95 bits per heavy atom. The van der Waals surface area contributed by atoms with Gasteiger partial charge in [-0.25, -0.2) is 9.37 Å². The molecule has 0 aliphatic heterocycles. The summed E-state index contributed by atoms with van der Waals surface area (Å²) in [6.45, 7) is 2.01. The third-order valence-corrected chi connectivity index (χ3v) is 4.30. The first-order valence-corrected chi connectivity index (χ1v) is 7.57. The van der Waals surface area contributed by atoms with E-state index in [1.54, 1.807) is 5.38 Å². The van der Waals surface area contributed by atoms with Crippen molar-refractivity contribution < 1.29 is 9.18 Å². The fourth-order valence-electron chi connectivity index (χ4n) is 2.05. The van der Waals surface area contributed by atoms with E-state index in [-0.39, 0.29) is 11.7 Å². The number of carbonyl (C=O) groups is 1. The molecule has 0 fully saturated rings. The van der Waals surface area contributed by atoms with Crippen molar-refractivity contribution in [2.75, 3.05) is 5.32 Å². The molecule has 0 radical (unpaired) electrons. The van der Waals surface area contributed by atoms with Crippen molar-refractivity contribution in [2.24, 2.45) is 7.05 Å². The number of anilines is 1. The van der Waals surface area contributed by atoms with Gasteiger partial charge < -0.3 is 9.88 Å². The monoisotopic (exact) mass is 315 g/mol. The molecule has 4 nitrogen and oxygen atoms in total. The third-order valence-electron chi connectivity index (χ3n) is 3.43. The lowest BCUT2D eigenvalue weighted by atomic mass is 10.3. The average Bonchev–Trinajstić information content (AvgIpc) is 3.10. The first kappa shape index (κ1) is 14.5. The van der Waals surface area contributed by atoms with E-state index in [9.17, 15) is 9.18 Å². The number of nitrogens with one attached hydrogen (secondary N) is 1. The van der Waals surface area contributed by atoms with Gasteiger partial charge in [0.1, 0.15) is 16.5 Å². The third kappa shape index (κ3) is 2.78. The molecule has 2 aromatic heterocycles. The molecule has 0 aliphatic rings. The highest BCUT2D eigenvalue weighted by molar-refractivity contribution is 7.13. The zero-order valence-corrected chi connectivity index (χ0v) is 12.9. The number of halogens is 1. The van der Waals surface area contributed by atoms with Crippen LogP contribution in [0.2, 0.25) is 0 Å². The molecule has 1 N–H and O–H groups in total. The molecule has 2 heterocycles. The van der Waals surface area contributed by atoms with E-state index in [1.807, 2.05) is 30.7 Å². The fraction of sp³-hybridized carbons (Fsp3) is 0.125. The Hall–Kier alpha value is -2.47. The number of hydrogen-bond donors (Lipinski definition) is 1. The van der Waals surface area contributed by atoms with Crippen molar-refractivity contribution in [3.05, 3.63) is 59.0 Å². The highest BCUT2D eigenvalue weighted by Crippen LogP contribution is 2.25. The number of carbonyl (C=O) groups excluding carboxylic acids is 1. The number of aromatic nitrogens is 2. The van der Waals surface area contributed by atoms with Gasteiger partial charge in [0.25, 0.3) is 5.91 Å². The highest BCUT2D eigenvalue weighted by atomic mass is 32.1. The number of amides is 1. The average molecular weight is 315 g/mol. The van der Waals surface area contributed by atoms with Crippen LogP contribution in [0.1, 0.15) is 16.2 Å². The van der Waals surface area contributed by atoms with Crippen LogP contribution >= 0.6 is 11.3 Å². The lowest BCUT2D eigenvalue weighted by Crippen LogP contribution is -2.12. The summed E-state index contributed by atoms with van der Waals surface area (Å²) in [5, 5.41) is 5.21. The van der Waals surface area contributed by atoms with Gasteiger partial charge in [-0.1, -0.05) is 0 Å². The van der Waals surface area contributed by atoms with Crippen LogP contribution in [0.15, 0.2) is 41.8 Å². The fourth-order valence-corrected chi connectivity index (χ4v) is 2.91. The van der Waals surface area contributed by atoms with E-state index >= 15 is 0 Å². The van der Waals surface area contributed by atoms with E-state index in [2.05, 4.69) is 10.3 Å². The molecule has 6 heteroatoms. The molecule has 0 aliphatic carbocycles. The Kier molecular flexibility index (Phi) is 3.77. The Balaban J connectivity index is 1.80. The lowest BCUT2D eigenvalue weighted by Gasteiger charge is -2.03. The number of aryl methyl sites for hydroxylation is 1. The molecule has 112 valence electrons. The summed E-state index contributed by atoms with van der Waals surface area (Å²) in [7, 11) is 1.96. The summed E-state index contributed by atoms with van der Waals surface area (Å²) < 4.78 is 14.9. The maximum atomic E-state index is 12.9. The second-order valence-electron chi connectivity index (χ2n) is 4.92. The lowest BCUT2D eigenvalue weighted by molar-refractivity contribution is 0.102. The molecular weight excluding hydrogens is 301 g/mol. The van der Waals surface area contributed by atoms with Gasteiger partial charge in [-0.15, -0.1) is 11.3 Å². The Labute approximate surface area is 131 Å². The second kappa shape index (κ2) is 5.73. The molecule has 0 atom stereocenters. The van der Waals surface area contributed by atoms with Gasteiger partial charge in [0, 0.05) is 23.8 Å². The maximum absolute atomic E-state index is 12.9. The zero-order chi connectivity index (χ0) is 15.7. The van der Waals surface area contributed by atoms with Gasteiger partial charge in [0.2, 0.25) is 0 Å². The normalized spacial score (nSPS) is 10.7. The SMILES string of the molecule is Cc1ccc(-c2nc(C(=O)Nc3ccc(F)cc3)cs2)n1C. The molecule has 0 saturated carbocycles. The van der Waals surface area contributed by atoms with Crippen LogP contribution in [-0.4, -0.2) is 15.5 Å². The standard InChI is InChI=1S/C16H14FN3OS/c1-10-3-8-14(20(10)2)16-19-13(9-22-16)15(21)18-12-6-4-11(17)5-7-12/h3-9H,1-2H3,(H,18,21). The molecule has 3 rings (SSSR count). The number of rotatable bonds is 3. The highest BCUT2D eigenvalue weighted by Gasteiger charge is 2.14. The summed E-state index contributed by atoms with van der Waals surface area (Å²) in [6, 6.07) is 9.62. The van der Waals surface area contributed by atoms with Crippen molar-refractivity contribution in [1.82, 2.24) is 9.55 Å². The molecule has 0 spiro atoms. The molecule has 0 unspecified atom stereocenters. The van der Waals surface area contributed by atoms with Gasteiger partial charge in [-0.2, -0.15) is 0 Å². The van der Waals surface area contributed by atoms with E-state index in [1.165, 1.54) is 35.6 Å². The number of thiazole rings is 1. The summed E-state index contributed by atoms with van der Waals surface area (Å²) in [5.74, 6) is -0.645. The topological polar surface area (TPSA) is 46.9 Å². The van der Waals surface area contributed by atoms with E-state index in [0.717, 1.165) is 16.4 Å². The van der Waals surface area contributed by atoms with Crippen LogP contribution in [0.5, 0.6) is 0 Å². The summed E-state index contributed by atoms with van der Waals surface area (Å²) in [6.07, 6.45) is 0. The number of nitrogens with zero attached hydrogens (tertiary/aromatic N) is 2. The Morgan fingerprint density at radius 1 is 1.23 bits per heavy atom. The van der Waals surface area contributed by atoms with Crippen LogP contribution in [0.25, 0.3) is 10.7 Å². The minimum atomic E-state index is -0.340. The van der Waals surface area contributed by atoms with Gasteiger partial charge in [0.15, 0.2) is 0 Å². The van der Waals surface area contributed by atoms with Crippen LogP contribution in [0.4, 0.5) is 10.1 Å². The Morgan fingerprint density at radius 3 is 2.59 bits per heavy atom. The smallest absolute Gasteiger partial charge is 0.275 e. The molecule has 0 saturated heterocycles. The molecule has 22 heavy (non-hydrogen) atoms. The van der Waals surface area contributed by atoms with E-state index < -0.39 is 0 Å². The Bertz CT molecular complexity index is 820.